The second kappa shape index (κ2) is 6.03. The van der Waals surface area contributed by atoms with Crippen LogP contribution < -0.4 is 5.32 Å². The van der Waals surface area contributed by atoms with Crippen LogP contribution in [0.4, 0.5) is 4.39 Å². The molecule has 0 fully saturated rings. The van der Waals surface area contributed by atoms with E-state index >= 15 is 0 Å². The zero-order chi connectivity index (χ0) is 14.0. The van der Waals surface area contributed by atoms with Gasteiger partial charge in [0.2, 0.25) is 0 Å². The van der Waals surface area contributed by atoms with E-state index in [9.17, 15) is 9.18 Å². The fourth-order valence-corrected chi connectivity index (χ4v) is 2.86. The molecule has 0 bridgehead atoms. The molecule has 2 aromatic rings. The SMILES string of the molecule is CC(NC(=O)c1ccc(Br)c(F)c1)c1ccc(Cl)s1. The van der Waals surface area contributed by atoms with Crippen molar-refractivity contribution >= 4 is 44.8 Å². The number of thiophene rings is 1. The van der Waals surface area contributed by atoms with Crippen molar-refractivity contribution in [3.8, 4) is 0 Å². The van der Waals surface area contributed by atoms with Gasteiger partial charge < -0.3 is 5.32 Å². The molecule has 0 aliphatic heterocycles. The van der Waals surface area contributed by atoms with Gasteiger partial charge in [0.1, 0.15) is 5.82 Å². The lowest BCUT2D eigenvalue weighted by Crippen LogP contribution is -2.26. The molecular formula is C13H10BrClFNOS. The van der Waals surface area contributed by atoms with E-state index in [1.807, 2.05) is 13.0 Å². The summed E-state index contributed by atoms with van der Waals surface area (Å²) in [6, 6.07) is 7.75. The van der Waals surface area contributed by atoms with Crippen LogP contribution in [0, 0.1) is 5.82 Å². The maximum absolute atomic E-state index is 13.4. The Balaban J connectivity index is 2.10. The Kier molecular flexibility index (Phi) is 4.60. The molecule has 0 aliphatic carbocycles. The van der Waals surface area contributed by atoms with Crippen molar-refractivity contribution in [1.82, 2.24) is 5.32 Å². The van der Waals surface area contributed by atoms with Crippen molar-refractivity contribution in [3.63, 3.8) is 0 Å². The van der Waals surface area contributed by atoms with Crippen molar-refractivity contribution in [1.29, 1.82) is 0 Å². The lowest BCUT2D eigenvalue weighted by atomic mass is 10.2. The molecule has 1 atom stereocenters. The lowest BCUT2D eigenvalue weighted by Gasteiger charge is -2.12. The van der Waals surface area contributed by atoms with Gasteiger partial charge >= 0.3 is 0 Å². The Morgan fingerprint density at radius 1 is 1.42 bits per heavy atom. The Hall–Kier alpha value is -0.910. The number of halogens is 3. The van der Waals surface area contributed by atoms with E-state index in [-0.39, 0.29) is 17.5 Å². The van der Waals surface area contributed by atoms with Gasteiger partial charge in [0.25, 0.3) is 5.91 Å². The number of carbonyl (C=O) groups is 1. The van der Waals surface area contributed by atoms with Crippen LogP contribution in [0.25, 0.3) is 0 Å². The Morgan fingerprint density at radius 2 is 2.16 bits per heavy atom. The third-order valence-electron chi connectivity index (χ3n) is 2.55. The average molecular weight is 363 g/mol. The summed E-state index contributed by atoms with van der Waals surface area (Å²) in [4.78, 5) is 12.9. The Bertz CT molecular complexity index is 616. The Labute approximate surface area is 127 Å². The van der Waals surface area contributed by atoms with Gasteiger partial charge in [-0.3, -0.25) is 4.79 Å². The van der Waals surface area contributed by atoms with Crippen LogP contribution >= 0.6 is 38.9 Å². The minimum atomic E-state index is -0.459. The van der Waals surface area contributed by atoms with Crippen LogP contribution in [0.2, 0.25) is 4.34 Å². The first kappa shape index (κ1) is 14.5. The van der Waals surface area contributed by atoms with Gasteiger partial charge in [-0.25, -0.2) is 4.39 Å². The van der Waals surface area contributed by atoms with E-state index < -0.39 is 5.82 Å². The summed E-state index contributed by atoms with van der Waals surface area (Å²) in [5.41, 5.74) is 0.287. The highest BCUT2D eigenvalue weighted by Crippen LogP contribution is 2.27. The van der Waals surface area contributed by atoms with Crippen LogP contribution in [0.1, 0.15) is 28.2 Å². The number of carbonyl (C=O) groups excluding carboxylic acids is 1. The number of rotatable bonds is 3. The first-order valence-corrected chi connectivity index (χ1v) is 7.47. The van der Waals surface area contributed by atoms with Gasteiger partial charge in [-0.2, -0.15) is 0 Å². The molecule has 2 nitrogen and oxygen atoms in total. The summed E-state index contributed by atoms with van der Waals surface area (Å²) in [5, 5.41) is 2.80. The zero-order valence-electron chi connectivity index (χ0n) is 9.91. The number of hydrogen-bond acceptors (Lipinski definition) is 2. The molecule has 1 unspecified atom stereocenters. The molecule has 0 spiro atoms. The van der Waals surface area contributed by atoms with Gasteiger partial charge in [-0.05, 0) is 53.2 Å². The van der Waals surface area contributed by atoms with Crippen LogP contribution in [0.15, 0.2) is 34.8 Å². The van der Waals surface area contributed by atoms with Crippen molar-refractivity contribution in [2.45, 2.75) is 13.0 Å². The summed E-state index contributed by atoms with van der Waals surface area (Å²) in [6.07, 6.45) is 0. The summed E-state index contributed by atoms with van der Waals surface area (Å²) in [6.45, 7) is 1.86. The third kappa shape index (κ3) is 3.55. The Morgan fingerprint density at radius 3 is 2.74 bits per heavy atom. The largest absolute Gasteiger partial charge is 0.345 e. The molecule has 1 aromatic carbocycles. The number of benzene rings is 1. The molecule has 1 N–H and O–H groups in total. The third-order valence-corrected chi connectivity index (χ3v) is 4.61. The molecule has 6 heteroatoms. The van der Waals surface area contributed by atoms with Gasteiger partial charge in [-0.1, -0.05) is 11.6 Å². The molecular weight excluding hydrogens is 353 g/mol. The van der Waals surface area contributed by atoms with E-state index in [1.165, 1.54) is 23.5 Å². The molecule has 100 valence electrons. The van der Waals surface area contributed by atoms with E-state index in [4.69, 9.17) is 11.6 Å². The second-order valence-corrected chi connectivity index (χ2v) is 6.57. The highest BCUT2D eigenvalue weighted by molar-refractivity contribution is 9.10. The zero-order valence-corrected chi connectivity index (χ0v) is 13.1. The molecule has 0 saturated heterocycles. The number of hydrogen-bond donors (Lipinski definition) is 1. The fraction of sp³-hybridized carbons (Fsp3) is 0.154. The maximum Gasteiger partial charge on any atom is 0.251 e. The highest BCUT2D eigenvalue weighted by Gasteiger charge is 2.14. The standard InChI is InChI=1S/C13H10BrClFNOS/c1-7(11-4-5-12(15)19-11)17-13(18)8-2-3-9(14)10(16)6-8/h2-7H,1H3,(H,17,18). The summed E-state index contributed by atoms with van der Waals surface area (Å²) < 4.78 is 14.4. The first-order valence-electron chi connectivity index (χ1n) is 5.48. The van der Waals surface area contributed by atoms with Gasteiger partial charge in [0, 0.05) is 10.4 Å². The molecule has 1 aromatic heterocycles. The summed E-state index contributed by atoms with van der Waals surface area (Å²) in [5.74, 6) is -0.775. The average Bonchev–Trinajstić information content (AvgIpc) is 2.79. The van der Waals surface area contributed by atoms with E-state index in [0.717, 1.165) is 4.88 Å². The van der Waals surface area contributed by atoms with Crippen LogP contribution in [-0.2, 0) is 0 Å². The molecule has 0 radical (unpaired) electrons. The monoisotopic (exact) mass is 361 g/mol. The smallest absolute Gasteiger partial charge is 0.251 e. The predicted molar refractivity (Wildman–Crippen MR) is 79.3 cm³/mol. The van der Waals surface area contributed by atoms with Gasteiger partial charge in [0.05, 0.1) is 14.9 Å². The van der Waals surface area contributed by atoms with Gasteiger partial charge in [-0.15, -0.1) is 11.3 Å². The predicted octanol–water partition coefficient (Wildman–Crippen LogP) is 4.79. The van der Waals surface area contributed by atoms with E-state index in [0.29, 0.717) is 8.81 Å². The molecule has 1 amide bonds. The minimum Gasteiger partial charge on any atom is -0.345 e. The summed E-state index contributed by atoms with van der Waals surface area (Å²) in [7, 11) is 0. The van der Waals surface area contributed by atoms with Crippen molar-refractivity contribution in [2.24, 2.45) is 0 Å². The number of nitrogens with one attached hydrogen (secondary N) is 1. The topological polar surface area (TPSA) is 29.1 Å². The lowest BCUT2D eigenvalue weighted by molar-refractivity contribution is 0.0940. The molecule has 0 saturated carbocycles. The molecule has 19 heavy (non-hydrogen) atoms. The van der Waals surface area contributed by atoms with Crippen LogP contribution in [0.5, 0.6) is 0 Å². The fourth-order valence-electron chi connectivity index (χ4n) is 1.55. The molecule has 0 aliphatic rings. The van der Waals surface area contributed by atoms with Crippen molar-refractivity contribution < 1.29 is 9.18 Å². The van der Waals surface area contributed by atoms with Gasteiger partial charge in [0.15, 0.2) is 0 Å². The second-order valence-electron chi connectivity index (χ2n) is 3.97. The quantitative estimate of drug-likeness (QED) is 0.835. The van der Waals surface area contributed by atoms with Crippen LogP contribution in [-0.4, -0.2) is 5.91 Å². The summed E-state index contributed by atoms with van der Waals surface area (Å²) >= 11 is 10.3. The van der Waals surface area contributed by atoms with Crippen molar-refractivity contribution in [3.05, 3.63) is 55.4 Å². The minimum absolute atomic E-state index is 0.170. The molecule has 1 heterocycles. The first-order chi connectivity index (χ1) is 8.97. The van der Waals surface area contributed by atoms with E-state index in [1.54, 1.807) is 12.1 Å². The highest BCUT2D eigenvalue weighted by atomic mass is 79.9. The normalized spacial score (nSPS) is 12.2. The van der Waals surface area contributed by atoms with E-state index in [2.05, 4.69) is 21.2 Å². The van der Waals surface area contributed by atoms with Crippen LogP contribution in [0.3, 0.4) is 0 Å². The number of amides is 1. The maximum atomic E-state index is 13.4. The van der Waals surface area contributed by atoms with Crippen molar-refractivity contribution in [2.75, 3.05) is 0 Å². The molecule has 2 rings (SSSR count).